The van der Waals surface area contributed by atoms with Gasteiger partial charge in [-0.25, -0.2) is 4.98 Å². The highest BCUT2D eigenvalue weighted by molar-refractivity contribution is 9.10. The van der Waals surface area contributed by atoms with Crippen molar-refractivity contribution in [2.75, 3.05) is 6.61 Å². The van der Waals surface area contributed by atoms with Gasteiger partial charge in [-0.05, 0) is 61.4 Å². The summed E-state index contributed by atoms with van der Waals surface area (Å²) in [6, 6.07) is 22.7. The third-order valence-electron chi connectivity index (χ3n) is 4.80. The lowest BCUT2D eigenvalue weighted by molar-refractivity contribution is 0.300. The molecule has 0 aliphatic heterocycles. The summed E-state index contributed by atoms with van der Waals surface area (Å²) in [6.07, 6.45) is 0. The van der Waals surface area contributed by atoms with Gasteiger partial charge >= 0.3 is 0 Å². The molecule has 0 aliphatic carbocycles. The van der Waals surface area contributed by atoms with Crippen molar-refractivity contribution in [2.45, 2.75) is 20.4 Å². The largest absolute Gasteiger partial charge is 0.492 e. The van der Waals surface area contributed by atoms with Crippen LogP contribution in [0.2, 0.25) is 0 Å². The highest BCUT2D eigenvalue weighted by Crippen LogP contribution is 2.27. The molecular formula is C23H21BrN2O. The fraction of sp³-hybridized carbons (Fsp3) is 0.174. The number of halogens is 1. The molecular weight excluding hydrogens is 400 g/mol. The van der Waals surface area contributed by atoms with E-state index >= 15 is 0 Å². The zero-order chi connectivity index (χ0) is 18.8. The van der Waals surface area contributed by atoms with Crippen molar-refractivity contribution >= 4 is 27.0 Å². The van der Waals surface area contributed by atoms with Crippen LogP contribution in [0.25, 0.3) is 22.4 Å². The van der Waals surface area contributed by atoms with E-state index in [0.717, 1.165) is 39.2 Å². The quantitative estimate of drug-likeness (QED) is 0.386. The minimum atomic E-state index is 0.587. The summed E-state index contributed by atoms with van der Waals surface area (Å²) in [5.74, 6) is 1.87. The van der Waals surface area contributed by atoms with E-state index in [4.69, 9.17) is 9.72 Å². The number of hydrogen-bond acceptors (Lipinski definition) is 2. The molecule has 3 nitrogen and oxygen atoms in total. The Morgan fingerprint density at radius 3 is 2.59 bits per heavy atom. The Balaban J connectivity index is 1.63. The number of imidazole rings is 1. The number of hydrogen-bond donors (Lipinski definition) is 0. The normalized spacial score (nSPS) is 11.1. The van der Waals surface area contributed by atoms with Crippen molar-refractivity contribution in [1.29, 1.82) is 0 Å². The zero-order valence-electron chi connectivity index (χ0n) is 15.4. The molecule has 1 aromatic heterocycles. The van der Waals surface area contributed by atoms with Gasteiger partial charge in [0.05, 0.1) is 17.6 Å². The predicted molar refractivity (Wildman–Crippen MR) is 114 cm³/mol. The minimum absolute atomic E-state index is 0.587. The van der Waals surface area contributed by atoms with Crippen molar-refractivity contribution < 1.29 is 4.74 Å². The topological polar surface area (TPSA) is 27.1 Å². The number of aryl methyl sites for hydroxylation is 2. The maximum absolute atomic E-state index is 6.02. The van der Waals surface area contributed by atoms with Crippen molar-refractivity contribution in [3.05, 3.63) is 82.3 Å². The highest BCUT2D eigenvalue weighted by atomic mass is 79.9. The van der Waals surface area contributed by atoms with E-state index in [0.29, 0.717) is 6.61 Å². The lowest BCUT2D eigenvalue weighted by Crippen LogP contribution is -2.09. The molecule has 0 N–H and O–H groups in total. The molecule has 0 radical (unpaired) electrons. The Bertz CT molecular complexity index is 1100. The van der Waals surface area contributed by atoms with E-state index < -0.39 is 0 Å². The number of nitrogens with zero attached hydrogens (tertiary/aromatic N) is 2. The standard InChI is InChI=1S/C23H21BrN2O/c1-16-10-11-20(14-17(16)2)27-13-12-26-22-9-4-3-8-21(22)25-23(26)18-6-5-7-19(24)15-18/h3-11,14-15H,12-13H2,1-2H3. The van der Waals surface area contributed by atoms with Crippen LogP contribution >= 0.6 is 15.9 Å². The molecule has 0 atom stereocenters. The number of fused-ring (bicyclic) bond motifs is 1. The summed E-state index contributed by atoms with van der Waals surface area (Å²) in [4.78, 5) is 4.86. The number of rotatable bonds is 5. The van der Waals surface area contributed by atoms with Crippen LogP contribution in [0, 0.1) is 13.8 Å². The van der Waals surface area contributed by atoms with Crippen LogP contribution < -0.4 is 4.74 Å². The van der Waals surface area contributed by atoms with E-state index in [1.807, 2.05) is 24.3 Å². The molecule has 0 saturated carbocycles. The maximum Gasteiger partial charge on any atom is 0.141 e. The van der Waals surface area contributed by atoms with Gasteiger partial charge in [-0.15, -0.1) is 0 Å². The van der Waals surface area contributed by atoms with Gasteiger partial charge < -0.3 is 9.30 Å². The molecule has 0 amide bonds. The Kier molecular flexibility index (Phi) is 4.99. The van der Waals surface area contributed by atoms with E-state index in [9.17, 15) is 0 Å². The second-order valence-corrected chi connectivity index (χ2v) is 7.60. The lowest BCUT2D eigenvalue weighted by atomic mass is 10.1. The van der Waals surface area contributed by atoms with E-state index in [2.05, 4.69) is 76.8 Å². The molecule has 0 fully saturated rings. The second-order valence-electron chi connectivity index (χ2n) is 6.68. The molecule has 3 aromatic carbocycles. The molecule has 0 bridgehead atoms. The number of aromatic nitrogens is 2. The van der Waals surface area contributed by atoms with Crippen LogP contribution in [-0.2, 0) is 6.54 Å². The minimum Gasteiger partial charge on any atom is -0.492 e. The summed E-state index contributed by atoms with van der Waals surface area (Å²) >= 11 is 3.56. The number of benzene rings is 3. The summed E-state index contributed by atoms with van der Waals surface area (Å²) in [5, 5.41) is 0. The fourth-order valence-corrected chi connectivity index (χ4v) is 3.61. The van der Waals surface area contributed by atoms with Crippen molar-refractivity contribution in [2.24, 2.45) is 0 Å². The molecule has 0 spiro atoms. The molecule has 1 heterocycles. The van der Waals surface area contributed by atoms with Gasteiger partial charge in [-0.3, -0.25) is 0 Å². The average Bonchev–Trinajstić information content (AvgIpc) is 3.03. The Hall–Kier alpha value is -2.59. The summed E-state index contributed by atoms with van der Waals surface area (Å²) in [6.45, 7) is 5.54. The molecule has 136 valence electrons. The Morgan fingerprint density at radius 1 is 0.926 bits per heavy atom. The smallest absolute Gasteiger partial charge is 0.141 e. The predicted octanol–water partition coefficient (Wildman–Crippen LogP) is 6.16. The summed E-state index contributed by atoms with van der Waals surface area (Å²) < 4.78 is 9.30. The van der Waals surface area contributed by atoms with Crippen molar-refractivity contribution in [3.8, 4) is 17.1 Å². The Labute approximate surface area is 167 Å². The van der Waals surface area contributed by atoms with Crippen LogP contribution in [0.4, 0.5) is 0 Å². The third-order valence-corrected chi connectivity index (χ3v) is 5.29. The fourth-order valence-electron chi connectivity index (χ4n) is 3.21. The van der Waals surface area contributed by atoms with E-state index in [-0.39, 0.29) is 0 Å². The number of para-hydroxylation sites is 2. The van der Waals surface area contributed by atoms with E-state index in [1.54, 1.807) is 0 Å². The van der Waals surface area contributed by atoms with Crippen LogP contribution in [0.1, 0.15) is 11.1 Å². The molecule has 0 aliphatic rings. The SMILES string of the molecule is Cc1ccc(OCCn2c(-c3cccc(Br)c3)nc3ccccc32)cc1C. The Morgan fingerprint density at radius 2 is 1.78 bits per heavy atom. The van der Waals surface area contributed by atoms with Gasteiger partial charge in [0.2, 0.25) is 0 Å². The highest BCUT2D eigenvalue weighted by Gasteiger charge is 2.12. The molecule has 27 heavy (non-hydrogen) atoms. The summed E-state index contributed by atoms with van der Waals surface area (Å²) in [7, 11) is 0. The molecule has 4 heteroatoms. The molecule has 4 rings (SSSR count). The van der Waals surface area contributed by atoms with Gasteiger partial charge in [-0.2, -0.15) is 0 Å². The van der Waals surface area contributed by atoms with Crippen LogP contribution in [0.5, 0.6) is 5.75 Å². The first-order valence-corrected chi connectivity index (χ1v) is 9.82. The second kappa shape index (κ2) is 7.57. The third kappa shape index (κ3) is 3.76. The lowest BCUT2D eigenvalue weighted by Gasteiger charge is -2.12. The van der Waals surface area contributed by atoms with Crippen LogP contribution in [-0.4, -0.2) is 16.2 Å². The van der Waals surface area contributed by atoms with Crippen molar-refractivity contribution in [3.63, 3.8) is 0 Å². The maximum atomic E-state index is 6.02. The van der Waals surface area contributed by atoms with Crippen molar-refractivity contribution in [1.82, 2.24) is 9.55 Å². The van der Waals surface area contributed by atoms with Gasteiger partial charge in [0.1, 0.15) is 18.2 Å². The zero-order valence-corrected chi connectivity index (χ0v) is 17.0. The van der Waals surface area contributed by atoms with Gasteiger partial charge in [0.15, 0.2) is 0 Å². The van der Waals surface area contributed by atoms with Gasteiger partial charge in [0.25, 0.3) is 0 Å². The first-order valence-electron chi connectivity index (χ1n) is 9.03. The summed E-state index contributed by atoms with van der Waals surface area (Å²) in [5.41, 5.74) is 5.73. The van der Waals surface area contributed by atoms with Gasteiger partial charge in [-0.1, -0.05) is 46.3 Å². The number of ether oxygens (including phenoxy) is 1. The van der Waals surface area contributed by atoms with Crippen LogP contribution in [0.3, 0.4) is 0 Å². The first-order chi connectivity index (χ1) is 13.1. The van der Waals surface area contributed by atoms with Crippen LogP contribution in [0.15, 0.2) is 71.2 Å². The van der Waals surface area contributed by atoms with Gasteiger partial charge in [0, 0.05) is 10.0 Å². The molecule has 0 unspecified atom stereocenters. The average molecular weight is 421 g/mol. The monoisotopic (exact) mass is 420 g/mol. The molecule has 0 saturated heterocycles. The first kappa shape index (κ1) is 17.8. The van der Waals surface area contributed by atoms with E-state index in [1.165, 1.54) is 11.1 Å². The molecule has 4 aromatic rings.